The molecule has 0 heterocycles. The van der Waals surface area contributed by atoms with Crippen LogP contribution in [-0.4, -0.2) is 64.9 Å². The average molecular weight is 882 g/mol. The highest BCUT2D eigenvalue weighted by atomic mass is 31.2. The lowest BCUT2D eigenvalue weighted by Crippen LogP contribution is -2.43. The van der Waals surface area contributed by atoms with Gasteiger partial charge in [-0.3, -0.25) is 18.6 Å². The molecule has 0 fully saturated rings. The predicted molar refractivity (Wildman–Crippen MR) is 249 cm³/mol. The molecule has 3 unspecified atom stereocenters. The Bertz CT molecular complexity index is 1220. The SMILES string of the molecule is CCCCC/C=C\C/C=C\C/C=C\C/C=C\CCCC(=O)OCC(O)COP(=O)(O)OCC(NC(=O)CCCCCCCCCCCCCCCCCCCCCC)C(=O)O. The molecule has 0 saturated carbocycles. The molecule has 61 heavy (non-hydrogen) atoms. The Balaban J connectivity index is 3.91. The molecule has 4 N–H and O–H groups in total. The minimum absolute atomic E-state index is 0.144. The van der Waals surface area contributed by atoms with Crippen LogP contribution in [-0.2, 0) is 32.7 Å². The van der Waals surface area contributed by atoms with E-state index in [0.717, 1.165) is 44.9 Å². The van der Waals surface area contributed by atoms with Gasteiger partial charge in [-0.25, -0.2) is 9.36 Å². The summed E-state index contributed by atoms with van der Waals surface area (Å²) in [6, 6.07) is -1.55. The van der Waals surface area contributed by atoms with Gasteiger partial charge in [0.1, 0.15) is 12.7 Å². The maximum atomic E-state index is 12.4. The lowest BCUT2D eigenvalue weighted by atomic mass is 10.0. The fourth-order valence-corrected chi connectivity index (χ4v) is 7.38. The highest BCUT2D eigenvalue weighted by molar-refractivity contribution is 7.47. The summed E-state index contributed by atoms with van der Waals surface area (Å²) in [7, 11) is -4.77. The normalized spacial score (nSPS) is 14.0. The quantitative estimate of drug-likeness (QED) is 0.0200. The van der Waals surface area contributed by atoms with Gasteiger partial charge in [0.05, 0.1) is 13.2 Å². The van der Waals surface area contributed by atoms with Crippen LogP contribution in [0.5, 0.6) is 0 Å². The molecule has 0 aliphatic rings. The summed E-state index contributed by atoms with van der Waals surface area (Å²) in [6.07, 6.45) is 50.0. The van der Waals surface area contributed by atoms with E-state index >= 15 is 0 Å². The van der Waals surface area contributed by atoms with Crippen LogP contribution in [0.4, 0.5) is 0 Å². The van der Waals surface area contributed by atoms with E-state index in [1.165, 1.54) is 122 Å². The lowest BCUT2D eigenvalue weighted by Gasteiger charge is -2.18. The first-order chi connectivity index (χ1) is 29.6. The number of carboxylic acids is 1. The molecule has 0 aliphatic carbocycles. The van der Waals surface area contributed by atoms with Crippen molar-refractivity contribution in [3.63, 3.8) is 0 Å². The number of nitrogens with one attached hydrogen (secondary N) is 1. The predicted octanol–water partition coefficient (Wildman–Crippen LogP) is 13.0. The number of carbonyl (C=O) groups excluding carboxylic acids is 2. The topological polar surface area (TPSA) is 169 Å². The maximum absolute atomic E-state index is 12.4. The van der Waals surface area contributed by atoms with Gasteiger partial charge >= 0.3 is 19.8 Å². The molecule has 0 bridgehead atoms. The molecule has 3 atom stereocenters. The number of hydrogen-bond acceptors (Lipinski definition) is 8. The molecule has 0 radical (unpaired) electrons. The van der Waals surface area contributed by atoms with Crippen molar-refractivity contribution in [3.05, 3.63) is 48.6 Å². The van der Waals surface area contributed by atoms with E-state index in [0.29, 0.717) is 19.3 Å². The molecule has 11 nitrogen and oxygen atoms in total. The van der Waals surface area contributed by atoms with Crippen LogP contribution in [0.25, 0.3) is 0 Å². The minimum atomic E-state index is -4.77. The third-order valence-corrected chi connectivity index (χ3v) is 11.3. The molecule has 0 aromatic rings. The van der Waals surface area contributed by atoms with Gasteiger partial charge in [-0.05, 0) is 51.4 Å². The molecule has 0 spiro atoms. The van der Waals surface area contributed by atoms with E-state index < -0.39 is 57.6 Å². The van der Waals surface area contributed by atoms with Gasteiger partial charge in [0, 0.05) is 12.8 Å². The lowest BCUT2D eigenvalue weighted by molar-refractivity contribution is -0.147. The first-order valence-electron chi connectivity index (χ1n) is 24.2. The second-order valence-electron chi connectivity index (χ2n) is 16.3. The summed E-state index contributed by atoms with van der Waals surface area (Å²) in [5.74, 6) is -2.43. The van der Waals surface area contributed by atoms with Gasteiger partial charge < -0.3 is 25.2 Å². The van der Waals surface area contributed by atoms with Gasteiger partial charge in [0.2, 0.25) is 5.91 Å². The largest absolute Gasteiger partial charge is 0.480 e. The fraction of sp³-hybridized carbons (Fsp3) is 0.776. The highest BCUT2D eigenvalue weighted by Gasteiger charge is 2.28. The number of amides is 1. The molecular formula is C49H88NO10P. The number of esters is 1. The summed E-state index contributed by atoms with van der Waals surface area (Å²) in [5, 5.41) is 21.9. The highest BCUT2D eigenvalue weighted by Crippen LogP contribution is 2.43. The number of allylic oxidation sites excluding steroid dienone is 8. The number of ether oxygens (including phenoxy) is 1. The van der Waals surface area contributed by atoms with Crippen molar-refractivity contribution in [2.75, 3.05) is 19.8 Å². The summed E-state index contributed by atoms with van der Waals surface area (Å²) >= 11 is 0. The molecule has 0 rings (SSSR count). The van der Waals surface area contributed by atoms with Crippen LogP contribution in [0.2, 0.25) is 0 Å². The Kier molecular flexibility index (Phi) is 42.2. The molecule has 12 heteroatoms. The van der Waals surface area contributed by atoms with E-state index in [2.05, 4.69) is 55.6 Å². The van der Waals surface area contributed by atoms with Crippen LogP contribution >= 0.6 is 7.82 Å². The van der Waals surface area contributed by atoms with E-state index in [1.807, 2.05) is 12.2 Å². The number of phosphoric ester groups is 1. The number of hydrogen-bond donors (Lipinski definition) is 4. The number of rotatable bonds is 45. The molecule has 0 aromatic heterocycles. The van der Waals surface area contributed by atoms with Gasteiger partial charge in [-0.15, -0.1) is 0 Å². The first-order valence-corrected chi connectivity index (χ1v) is 25.7. The molecule has 0 aromatic carbocycles. The Labute approximate surface area is 371 Å². The zero-order valence-electron chi connectivity index (χ0n) is 38.5. The van der Waals surface area contributed by atoms with Gasteiger partial charge in [-0.1, -0.05) is 197 Å². The number of unbranched alkanes of at least 4 members (excludes halogenated alkanes) is 23. The number of aliphatic carboxylic acids is 1. The van der Waals surface area contributed by atoms with Crippen molar-refractivity contribution in [2.45, 2.75) is 225 Å². The van der Waals surface area contributed by atoms with Gasteiger partial charge in [-0.2, -0.15) is 0 Å². The van der Waals surface area contributed by atoms with Crippen molar-refractivity contribution in [2.24, 2.45) is 0 Å². The van der Waals surface area contributed by atoms with Crippen molar-refractivity contribution >= 4 is 25.7 Å². The number of carboxylic acid groups (broad SMARTS) is 1. The van der Waals surface area contributed by atoms with Crippen molar-refractivity contribution in [3.8, 4) is 0 Å². The second kappa shape index (κ2) is 44.1. The summed E-state index contributed by atoms with van der Waals surface area (Å²) in [4.78, 5) is 46.0. The molecule has 0 saturated heterocycles. The van der Waals surface area contributed by atoms with Gasteiger partial charge in [0.25, 0.3) is 0 Å². The van der Waals surface area contributed by atoms with Crippen molar-refractivity contribution in [1.82, 2.24) is 5.32 Å². The van der Waals surface area contributed by atoms with E-state index in [1.54, 1.807) is 0 Å². The van der Waals surface area contributed by atoms with Crippen LogP contribution in [0, 0.1) is 0 Å². The molecular weight excluding hydrogens is 794 g/mol. The Morgan fingerprint density at radius 3 is 1.38 bits per heavy atom. The minimum Gasteiger partial charge on any atom is -0.480 e. The standard InChI is InChI=1S/C49H88NO10P/c1-3-5-7-9-11-13-15-17-19-21-22-23-25-26-28-30-32-34-36-38-40-47(52)50-46(49(54)55)44-60-61(56,57)59-43-45(51)42-58-48(53)41-39-37-35-33-31-29-27-24-20-18-16-14-12-10-8-6-4-2/h12,14,18,20,27,29,33,35,45-46,51H,3-11,13,15-17,19,21-26,28,30-32,34,36-44H2,1-2H3,(H,50,52)(H,54,55)(H,56,57)/b14-12-,20-18-,29-27-,35-33-. The van der Waals surface area contributed by atoms with Crippen molar-refractivity contribution < 1.29 is 47.8 Å². The van der Waals surface area contributed by atoms with Crippen LogP contribution < -0.4 is 5.32 Å². The Morgan fingerprint density at radius 1 is 0.525 bits per heavy atom. The van der Waals surface area contributed by atoms with Crippen LogP contribution in [0.15, 0.2) is 48.6 Å². The number of aliphatic hydroxyl groups is 1. The third kappa shape index (κ3) is 43.9. The first kappa shape index (κ1) is 58.4. The summed E-state index contributed by atoms with van der Waals surface area (Å²) in [5.41, 5.74) is 0. The smallest absolute Gasteiger partial charge is 0.472 e. The third-order valence-electron chi connectivity index (χ3n) is 10.4. The monoisotopic (exact) mass is 882 g/mol. The molecule has 354 valence electrons. The van der Waals surface area contributed by atoms with E-state index in [-0.39, 0.29) is 12.8 Å². The number of carbonyl (C=O) groups is 3. The van der Waals surface area contributed by atoms with Gasteiger partial charge in [0.15, 0.2) is 6.04 Å². The second-order valence-corrected chi connectivity index (χ2v) is 17.8. The van der Waals surface area contributed by atoms with E-state index in [9.17, 15) is 34.1 Å². The van der Waals surface area contributed by atoms with Crippen LogP contribution in [0.1, 0.15) is 213 Å². The van der Waals surface area contributed by atoms with Crippen LogP contribution in [0.3, 0.4) is 0 Å². The van der Waals surface area contributed by atoms with E-state index in [4.69, 9.17) is 13.8 Å². The Hall–Kier alpha value is -2.56. The zero-order chi connectivity index (χ0) is 44.9. The zero-order valence-corrected chi connectivity index (χ0v) is 39.4. The maximum Gasteiger partial charge on any atom is 0.472 e. The number of aliphatic hydroxyl groups excluding tert-OH is 1. The summed E-state index contributed by atoms with van der Waals surface area (Å²) in [6.45, 7) is 2.53. The molecule has 0 aliphatic heterocycles. The average Bonchev–Trinajstić information content (AvgIpc) is 3.24. The number of phosphoric acid groups is 1. The molecule has 1 amide bonds. The Morgan fingerprint density at radius 2 is 0.918 bits per heavy atom. The fourth-order valence-electron chi connectivity index (χ4n) is 6.60. The van der Waals surface area contributed by atoms with Crippen molar-refractivity contribution in [1.29, 1.82) is 0 Å². The summed E-state index contributed by atoms with van der Waals surface area (Å²) < 4.78 is 26.8.